The van der Waals surface area contributed by atoms with Gasteiger partial charge in [-0.3, -0.25) is 9.59 Å². The zero-order valence-electron chi connectivity index (χ0n) is 10.5. The lowest BCUT2D eigenvalue weighted by Crippen LogP contribution is -2.38. The van der Waals surface area contributed by atoms with Crippen LogP contribution in [0.15, 0.2) is 18.5 Å². The minimum Gasteiger partial charge on any atom is -0.481 e. The Balaban J connectivity index is 2.67. The molecule has 0 saturated heterocycles. The van der Waals surface area contributed by atoms with Crippen molar-refractivity contribution in [3.05, 3.63) is 24.0 Å². The quantitative estimate of drug-likeness (QED) is 0.821. The Labute approximate surface area is 106 Å². The maximum Gasteiger partial charge on any atom is 0.303 e. The topological polar surface area (TPSA) is 83.4 Å². The summed E-state index contributed by atoms with van der Waals surface area (Å²) >= 11 is 0. The highest BCUT2D eigenvalue weighted by molar-refractivity contribution is 5.94. The van der Waals surface area contributed by atoms with Crippen molar-refractivity contribution in [2.45, 2.75) is 32.7 Å². The van der Waals surface area contributed by atoms with Crippen LogP contribution in [0.25, 0.3) is 0 Å². The number of hydrogen-bond acceptors (Lipinski definition) is 4. The monoisotopic (exact) mass is 251 g/mol. The van der Waals surface area contributed by atoms with Crippen molar-refractivity contribution < 1.29 is 14.7 Å². The van der Waals surface area contributed by atoms with Gasteiger partial charge < -0.3 is 10.0 Å². The highest BCUT2D eigenvalue weighted by Gasteiger charge is 2.18. The first-order chi connectivity index (χ1) is 8.52. The van der Waals surface area contributed by atoms with Crippen molar-refractivity contribution in [3.8, 4) is 0 Å². The maximum atomic E-state index is 12.2. The van der Waals surface area contributed by atoms with Gasteiger partial charge in [0.15, 0.2) is 0 Å². The molecule has 0 aliphatic rings. The van der Waals surface area contributed by atoms with Crippen LogP contribution in [0, 0.1) is 0 Å². The number of aliphatic carboxylic acids is 1. The van der Waals surface area contributed by atoms with Gasteiger partial charge in [-0.2, -0.15) is 10.2 Å². The normalized spacial score (nSPS) is 10.4. The summed E-state index contributed by atoms with van der Waals surface area (Å²) in [5.41, 5.74) is 0.467. The first-order valence-corrected chi connectivity index (χ1v) is 5.82. The molecular formula is C12H17N3O3. The smallest absolute Gasteiger partial charge is 0.303 e. The van der Waals surface area contributed by atoms with Crippen LogP contribution < -0.4 is 0 Å². The summed E-state index contributed by atoms with van der Waals surface area (Å²) in [4.78, 5) is 24.3. The number of rotatable bonds is 6. The van der Waals surface area contributed by atoms with Crippen molar-refractivity contribution in [2.75, 3.05) is 6.54 Å². The molecule has 0 unspecified atom stereocenters. The van der Waals surface area contributed by atoms with Gasteiger partial charge in [0.25, 0.3) is 5.91 Å². The summed E-state index contributed by atoms with van der Waals surface area (Å²) in [6.07, 6.45) is 3.38. The van der Waals surface area contributed by atoms with Crippen LogP contribution in [-0.2, 0) is 4.79 Å². The fraction of sp³-hybridized carbons (Fsp3) is 0.500. The average Bonchev–Trinajstić information content (AvgIpc) is 2.34. The first kappa shape index (κ1) is 14.1. The van der Waals surface area contributed by atoms with Gasteiger partial charge in [0.05, 0.1) is 18.0 Å². The van der Waals surface area contributed by atoms with Gasteiger partial charge in [-0.1, -0.05) is 0 Å². The molecule has 0 aliphatic carbocycles. The fourth-order valence-electron chi connectivity index (χ4n) is 1.58. The summed E-state index contributed by atoms with van der Waals surface area (Å²) in [6, 6.07) is 1.61. The molecule has 6 heteroatoms. The van der Waals surface area contributed by atoms with Crippen LogP contribution >= 0.6 is 0 Å². The molecule has 18 heavy (non-hydrogen) atoms. The third-order valence-corrected chi connectivity index (χ3v) is 2.51. The van der Waals surface area contributed by atoms with E-state index in [0.29, 0.717) is 18.5 Å². The van der Waals surface area contributed by atoms with Gasteiger partial charge in [0, 0.05) is 19.0 Å². The number of carboxylic acid groups (broad SMARTS) is 1. The van der Waals surface area contributed by atoms with Crippen molar-refractivity contribution in [2.24, 2.45) is 0 Å². The summed E-state index contributed by atoms with van der Waals surface area (Å²) in [6.45, 7) is 4.21. The molecule has 0 fully saturated rings. The van der Waals surface area contributed by atoms with E-state index in [9.17, 15) is 9.59 Å². The summed E-state index contributed by atoms with van der Waals surface area (Å²) in [7, 11) is 0. The van der Waals surface area contributed by atoms with Gasteiger partial charge in [-0.15, -0.1) is 0 Å². The number of carbonyl (C=O) groups excluding carboxylic acids is 1. The number of carbonyl (C=O) groups is 2. The minimum absolute atomic E-state index is 0.0134. The lowest BCUT2D eigenvalue weighted by atomic mass is 10.2. The van der Waals surface area contributed by atoms with Crippen molar-refractivity contribution in [1.82, 2.24) is 15.1 Å². The van der Waals surface area contributed by atoms with Crippen LogP contribution in [0.1, 0.15) is 37.0 Å². The van der Waals surface area contributed by atoms with E-state index in [-0.39, 0.29) is 18.4 Å². The van der Waals surface area contributed by atoms with Gasteiger partial charge in [-0.25, -0.2) is 0 Å². The SMILES string of the molecule is CC(C)N(CCCC(=O)O)C(=O)c1ccnnc1. The molecule has 0 bridgehead atoms. The highest BCUT2D eigenvalue weighted by Crippen LogP contribution is 2.08. The fourth-order valence-corrected chi connectivity index (χ4v) is 1.58. The average molecular weight is 251 g/mol. The second kappa shape index (κ2) is 6.68. The second-order valence-electron chi connectivity index (χ2n) is 4.22. The molecule has 0 saturated carbocycles. The third-order valence-electron chi connectivity index (χ3n) is 2.51. The zero-order chi connectivity index (χ0) is 13.5. The molecule has 0 atom stereocenters. The van der Waals surface area contributed by atoms with E-state index < -0.39 is 5.97 Å². The Morgan fingerprint density at radius 3 is 2.61 bits per heavy atom. The van der Waals surface area contributed by atoms with Crippen LogP contribution in [0.3, 0.4) is 0 Å². The molecule has 0 aromatic carbocycles. The van der Waals surface area contributed by atoms with E-state index in [1.54, 1.807) is 11.0 Å². The number of hydrogen-bond donors (Lipinski definition) is 1. The molecule has 0 aliphatic heterocycles. The van der Waals surface area contributed by atoms with Crippen LogP contribution in [-0.4, -0.2) is 44.7 Å². The lowest BCUT2D eigenvalue weighted by molar-refractivity contribution is -0.137. The maximum absolute atomic E-state index is 12.2. The number of nitrogens with zero attached hydrogens (tertiary/aromatic N) is 3. The Hall–Kier alpha value is -1.98. The largest absolute Gasteiger partial charge is 0.481 e. The van der Waals surface area contributed by atoms with Gasteiger partial charge in [-0.05, 0) is 26.3 Å². The molecule has 0 spiro atoms. The highest BCUT2D eigenvalue weighted by atomic mass is 16.4. The number of aromatic nitrogens is 2. The molecule has 1 amide bonds. The zero-order valence-corrected chi connectivity index (χ0v) is 10.5. The molecule has 1 aromatic heterocycles. The lowest BCUT2D eigenvalue weighted by Gasteiger charge is -2.26. The standard InChI is InChI=1S/C12H17N3O3/c1-9(2)15(7-3-4-11(16)17)12(18)10-5-6-13-14-8-10/h5-6,8-9H,3-4,7H2,1-2H3,(H,16,17). The molecule has 1 heterocycles. The second-order valence-corrected chi connectivity index (χ2v) is 4.22. The third kappa shape index (κ3) is 4.12. The van der Waals surface area contributed by atoms with Gasteiger partial charge >= 0.3 is 5.97 Å². The molecule has 1 rings (SSSR count). The molecule has 1 N–H and O–H groups in total. The summed E-state index contributed by atoms with van der Waals surface area (Å²) < 4.78 is 0. The Morgan fingerprint density at radius 1 is 1.39 bits per heavy atom. The molecule has 98 valence electrons. The van der Waals surface area contributed by atoms with Crippen LogP contribution in [0.4, 0.5) is 0 Å². The van der Waals surface area contributed by atoms with E-state index >= 15 is 0 Å². The molecular weight excluding hydrogens is 234 g/mol. The van der Waals surface area contributed by atoms with Gasteiger partial charge in [0.1, 0.15) is 0 Å². The van der Waals surface area contributed by atoms with Crippen molar-refractivity contribution in [3.63, 3.8) is 0 Å². The molecule has 1 aromatic rings. The Bertz CT molecular complexity index is 406. The Kier molecular flexibility index (Phi) is 5.23. The van der Waals surface area contributed by atoms with Crippen molar-refractivity contribution in [1.29, 1.82) is 0 Å². The van der Waals surface area contributed by atoms with Crippen molar-refractivity contribution >= 4 is 11.9 Å². The number of amides is 1. The predicted molar refractivity (Wildman–Crippen MR) is 65.1 cm³/mol. The van der Waals surface area contributed by atoms with E-state index in [0.717, 1.165) is 0 Å². The number of carboxylic acids is 1. The molecule has 0 radical (unpaired) electrons. The molecule has 6 nitrogen and oxygen atoms in total. The van der Waals surface area contributed by atoms with E-state index in [1.807, 2.05) is 13.8 Å². The first-order valence-electron chi connectivity index (χ1n) is 5.82. The van der Waals surface area contributed by atoms with Crippen LogP contribution in [0.5, 0.6) is 0 Å². The van der Waals surface area contributed by atoms with Crippen LogP contribution in [0.2, 0.25) is 0 Å². The predicted octanol–water partition coefficient (Wildman–Crippen LogP) is 1.19. The minimum atomic E-state index is -0.850. The van der Waals surface area contributed by atoms with E-state index in [2.05, 4.69) is 10.2 Å². The van der Waals surface area contributed by atoms with Gasteiger partial charge in [0.2, 0.25) is 0 Å². The summed E-state index contributed by atoms with van der Waals surface area (Å²) in [5.74, 6) is -0.998. The summed E-state index contributed by atoms with van der Waals surface area (Å²) in [5, 5.41) is 15.9. The van der Waals surface area contributed by atoms with E-state index in [1.165, 1.54) is 12.4 Å². The Morgan fingerprint density at radius 2 is 2.11 bits per heavy atom. The van der Waals surface area contributed by atoms with E-state index in [4.69, 9.17) is 5.11 Å².